The number of halogens is 2. The molecule has 17 heavy (non-hydrogen) atoms. The Bertz CT molecular complexity index is 600. The van der Waals surface area contributed by atoms with E-state index in [9.17, 15) is 9.18 Å². The smallest absolute Gasteiger partial charge is 0.230 e. The van der Waals surface area contributed by atoms with Crippen LogP contribution in [0.15, 0.2) is 18.2 Å². The zero-order valence-corrected chi connectivity index (χ0v) is 11.1. The molecule has 0 radical (unpaired) electrons. The van der Waals surface area contributed by atoms with E-state index < -0.39 is 0 Å². The Balaban J connectivity index is 2.03. The van der Waals surface area contributed by atoms with Crippen LogP contribution in [0.3, 0.4) is 0 Å². The first-order chi connectivity index (χ1) is 8.13. The molecule has 3 nitrogen and oxygen atoms in total. The number of nitrogens with zero attached hydrogens (tertiary/aromatic N) is 2. The monoisotopic (exact) mass is 314 g/mol. The summed E-state index contributed by atoms with van der Waals surface area (Å²) in [6.07, 6.45) is 0.490. The lowest BCUT2D eigenvalue weighted by Gasteiger charge is -2.10. The largest absolute Gasteiger partial charge is 0.287 e. The van der Waals surface area contributed by atoms with Crippen LogP contribution in [0.4, 0.5) is 9.52 Å². The van der Waals surface area contributed by atoms with E-state index in [1.807, 2.05) is 0 Å². The summed E-state index contributed by atoms with van der Waals surface area (Å²) in [6, 6.07) is 4.46. The Morgan fingerprint density at radius 2 is 2.35 bits per heavy atom. The van der Waals surface area contributed by atoms with E-state index in [0.717, 1.165) is 10.2 Å². The average molecular weight is 315 g/mol. The molecule has 2 aromatic rings. The van der Waals surface area contributed by atoms with Gasteiger partial charge in [0.15, 0.2) is 5.13 Å². The number of fused-ring (bicyclic) bond motifs is 1. The van der Waals surface area contributed by atoms with Gasteiger partial charge in [-0.25, -0.2) is 9.37 Å². The molecule has 2 heterocycles. The van der Waals surface area contributed by atoms with Gasteiger partial charge in [-0.2, -0.15) is 0 Å². The molecule has 1 aliphatic rings. The molecule has 6 heteroatoms. The predicted octanol–water partition coefficient (Wildman–Crippen LogP) is 2.94. The molecule has 0 bridgehead atoms. The number of aromatic nitrogens is 1. The minimum absolute atomic E-state index is 0.0615. The van der Waals surface area contributed by atoms with Gasteiger partial charge in [-0.15, -0.1) is 0 Å². The fraction of sp³-hybridized carbons (Fsp3) is 0.273. The van der Waals surface area contributed by atoms with Crippen LogP contribution in [0.25, 0.3) is 10.2 Å². The van der Waals surface area contributed by atoms with Crippen LogP contribution < -0.4 is 4.90 Å². The van der Waals surface area contributed by atoms with Crippen LogP contribution >= 0.6 is 27.3 Å². The number of rotatable bonds is 1. The Morgan fingerprint density at radius 1 is 1.53 bits per heavy atom. The number of benzene rings is 1. The number of amides is 1. The number of carbonyl (C=O) groups excluding carboxylic acids is 1. The molecule has 1 saturated heterocycles. The molecule has 1 fully saturated rings. The molecule has 3 rings (SSSR count). The molecule has 0 saturated carbocycles. The molecule has 1 unspecified atom stereocenters. The lowest BCUT2D eigenvalue weighted by molar-refractivity contribution is -0.117. The van der Waals surface area contributed by atoms with Crippen molar-refractivity contribution in [3.8, 4) is 0 Å². The molecule has 1 aromatic carbocycles. The minimum Gasteiger partial charge on any atom is -0.287 e. The molecule has 0 N–H and O–H groups in total. The SMILES string of the molecule is O=C1CC(Br)CN1c1nc2ccc(F)cc2s1. The first-order valence-corrected chi connectivity index (χ1v) is 6.87. The van der Waals surface area contributed by atoms with Crippen LogP contribution in [-0.2, 0) is 4.79 Å². The third kappa shape index (κ3) is 1.95. The number of thiazole rings is 1. The van der Waals surface area contributed by atoms with Gasteiger partial charge < -0.3 is 0 Å². The molecule has 0 spiro atoms. The molecule has 1 amide bonds. The highest BCUT2D eigenvalue weighted by molar-refractivity contribution is 9.09. The summed E-state index contributed by atoms with van der Waals surface area (Å²) >= 11 is 4.77. The van der Waals surface area contributed by atoms with Crippen molar-refractivity contribution in [1.29, 1.82) is 0 Å². The molecular weight excluding hydrogens is 307 g/mol. The topological polar surface area (TPSA) is 33.2 Å². The van der Waals surface area contributed by atoms with Crippen molar-refractivity contribution in [2.24, 2.45) is 0 Å². The maximum atomic E-state index is 13.1. The van der Waals surface area contributed by atoms with Crippen molar-refractivity contribution >= 4 is 48.5 Å². The van der Waals surface area contributed by atoms with Gasteiger partial charge in [-0.05, 0) is 18.2 Å². The highest BCUT2D eigenvalue weighted by Gasteiger charge is 2.30. The lowest BCUT2D eigenvalue weighted by Crippen LogP contribution is -2.24. The summed E-state index contributed by atoms with van der Waals surface area (Å²) in [4.78, 5) is 17.9. The van der Waals surface area contributed by atoms with E-state index >= 15 is 0 Å². The third-order valence-corrected chi connectivity index (χ3v) is 4.30. The second kappa shape index (κ2) is 4.03. The van der Waals surface area contributed by atoms with Crippen molar-refractivity contribution in [3.05, 3.63) is 24.0 Å². The minimum atomic E-state index is -0.279. The summed E-state index contributed by atoms with van der Waals surface area (Å²) in [7, 11) is 0. The van der Waals surface area contributed by atoms with Crippen LogP contribution in [-0.4, -0.2) is 22.3 Å². The zero-order valence-electron chi connectivity index (χ0n) is 8.69. The number of carbonyl (C=O) groups is 1. The Kier molecular flexibility index (Phi) is 2.63. The van der Waals surface area contributed by atoms with Gasteiger partial charge in [0.2, 0.25) is 5.91 Å². The van der Waals surface area contributed by atoms with Gasteiger partial charge in [0.05, 0.1) is 10.2 Å². The van der Waals surface area contributed by atoms with Crippen LogP contribution in [0.5, 0.6) is 0 Å². The lowest BCUT2D eigenvalue weighted by atomic mass is 10.3. The quantitative estimate of drug-likeness (QED) is 0.758. The fourth-order valence-electron chi connectivity index (χ4n) is 1.85. The average Bonchev–Trinajstić information content (AvgIpc) is 2.80. The van der Waals surface area contributed by atoms with E-state index in [-0.39, 0.29) is 16.6 Å². The van der Waals surface area contributed by atoms with Crippen molar-refractivity contribution in [1.82, 2.24) is 4.98 Å². The first kappa shape index (κ1) is 11.1. The first-order valence-electron chi connectivity index (χ1n) is 5.14. The van der Waals surface area contributed by atoms with E-state index in [2.05, 4.69) is 20.9 Å². The van der Waals surface area contributed by atoms with Gasteiger partial charge >= 0.3 is 0 Å². The van der Waals surface area contributed by atoms with Crippen LogP contribution in [0.2, 0.25) is 0 Å². The number of anilines is 1. The summed E-state index contributed by atoms with van der Waals surface area (Å²) in [5.41, 5.74) is 0.734. The highest BCUT2D eigenvalue weighted by Crippen LogP contribution is 2.32. The standard InChI is InChI=1S/C11H8BrFN2OS/c12-6-3-10(16)15(5-6)11-14-8-2-1-7(13)4-9(8)17-11/h1-2,4,6H,3,5H2. The van der Waals surface area contributed by atoms with Gasteiger partial charge in [-0.3, -0.25) is 9.69 Å². The van der Waals surface area contributed by atoms with Crippen molar-refractivity contribution in [3.63, 3.8) is 0 Å². The van der Waals surface area contributed by atoms with Gasteiger partial charge in [0.25, 0.3) is 0 Å². The highest BCUT2D eigenvalue weighted by atomic mass is 79.9. The molecule has 1 atom stereocenters. The van der Waals surface area contributed by atoms with Crippen LogP contribution in [0.1, 0.15) is 6.42 Å². The Labute approximate surface area is 109 Å². The Hall–Kier alpha value is -1.01. The fourth-order valence-corrected chi connectivity index (χ4v) is 3.43. The maximum absolute atomic E-state index is 13.1. The number of hydrogen-bond donors (Lipinski definition) is 0. The van der Waals surface area contributed by atoms with E-state index in [4.69, 9.17) is 0 Å². The summed E-state index contributed by atoms with van der Waals surface area (Å²) in [5.74, 6) is -0.217. The number of alkyl halides is 1. The summed E-state index contributed by atoms with van der Waals surface area (Å²) in [5, 5.41) is 0.651. The van der Waals surface area contributed by atoms with Crippen molar-refractivity contribution < 1.29 is 9.18 Å². The van der Waals surface area contributed by atoms with Crippen LogP contribution in [0, 0.1) is 5.82 Å². The van der Waals surface area contributed by atoms with E-state index in [1.54, 1.807) is 11.0 Å². The predicted molar refractivity (Wildman–Crippen MR) is 69.3 cm³/mol. The molecular formula is C11H8BrFN2OS. The van der Waals surface area contributed by atoms with Crippen molar-refractivity contribution in [2.75, 3.05) is 11.4 Å². The number of hydrogen-bond acceptors (Lipinski definition) is 3. The van der Waals surface area contributed by atoms with Gasteiger partial charge in [0.1, 0.15) is 5.82 Å². The second-order valence-corrected chi connectivity index (χ2v) is 6.22. The molecule has 0 aliphatic carbocycles. The maximum Gasteiger partial charge on any atom is 0.230 e. The third-order valence-electron chi connectivity index (χ3n) is 2.65. The Morgan fingerprint density at radius 3 is 3.06 bits per heavy atom. The molecule has 88 valence electrons. The van der Waals surface area contributed by atoms with Crippen molar-refractivity contribution in [2.45, 2.75) is 11.2 Å². The van der Waals surface area contributed by atoms with Gasteiger partial charge in [-0.1, -0.05) is 27.3 Å². The molecule has 1 aromatic heterocycles. The van der Waals surface area contributed by atoms with Gasteiger partial charge in [0, 0.05) is 17.8 Å². The normalized spacial score (nSPS) is 20.5. The zero-order chi connectivity index (χ0) is 12.0. The summed E-state index contributed by atoms with van der Waals surface area (Å²) in [6.45, 7) is 0.626. The molecule has 1 aliphatic heterocycles. The summed E-state index contributed by atoms with van der Waals surface area (Å²) < 4.78 is 13.8. The van der Waals surface area contributed by atoms with E-state index in [1.165, 1.54) is 23.5 Å². The second-order valence-electron chi connectivity index (χ2n) is 3.91. The van der Waals surface area contributed by atoms with E-state index in [0.29, 0.717) is 18.1 Å².